The first-order valence-corrected chi connectivity index (χ1v) is 5.32. The van der Waals surface area contributed by atoms with Crippen molar-refractivity contribution < 1.29 is 9.72 Å². The molecular weight excluding hydrogens is 234 g/mol. The van der Waals surface area contributed by atoms with E-state index in [2.05, 4.69) is 10.3 Å². The molecule has 0 aliphatic rings. The van der Waals surface area contributed by atoms with Crippen molar-refractivity contribution in [2.75, 3.05) is 0 Å². The molecule has 1 aromatic carbocycles. The van der Waals surface area contributed by atoms with Gasteiger partial charge < -0.3 is 10.3 Å². The first-order valence-electron chi connectivity index (χ1n) is 5.32. The zero-order valence-electron chi connectivity index (χ0n) is 9.42. The highest BCUT2D eigenvalue weighted by molar-refractivity contribution is 5.92. The third-order valence-corrected chi connectivity index (χ3v) is 2.44. The molecule has 1 amide bonds. The molecule has 0 radical (unpaired) electrons. The van der Waals surface area contributed by atoms with Gasteiger partial charge in [-0.25, -0.2) is 0 Å². The average Bonchev–Trinajstić information content (AvgIpc) is 2.90. The summed E-state index contributed by atoms with van der Waals surface area (Å²) in [6.45, 7) is 0.329. The van der Waals surface area contributed by atoms with Gasteiger partial charge in [0.15, 0.2) is 0 Å². The van der Waals surface area contributed by atoms with Crippen LogP contribution in [0.4, 0.5) is 5.69 Å². The second kappa shape index (κ2) is 5.13. The maximum absolute atomic E-state index is 11.6. The van der Waals surface area contributed by atoms with Crippen LogP contribution in [-0.2, 0) is 6.54 Å². The van der Waals surface area contributed by atoms with Crippen LogP contribution in [0.2, 0.25) is 0 Å². The van der Waals surface area contributed by atoms with Crippen molar-refractivity contribution in [2.45, 2.75) is 6.54 Å². The molecule has 6 heteroatoms. The van der Waals surface area contributed by atoms with Crippen LogP contribution in [0, 0.1) is 10.1 Å². The lowest BCUT2D eigenvalue weighted by atomic mass is 10.2. The average molecular weight is 245 g/mol. The molecule has 0 atom stereocenters. The summed E-state index contributed by atoms with van der Waals surface area (Å²) >= 11 is 0. The molecule has 92 valence electrons. The molecule has 1 aromatic heterocycles. The molecule has 0 fully saturated rings. The van der Waals surface area contributed by atoms with Crippen molar-refractivity contribution in [2.24, 2.45) is 0 Å². The molecule has 1 heterocycles. The number of hydrogen-bond donors (Lipinski definition) is 2. The summed E-state index contributed by atoms with van der Waals surface area (Å²) in [5.41, 5.74) is 1.33. The Bertz CT molecular complexity index is 546. The van der Waals surface area contributed by atoms with Crippen LogP contribution in [0.5, 0.6) is 0 Å². The van der Waals surface area contributed by atoms with E-state index in [-0.39, 0.29) is 11.6 Å². The van der Waals surface area contributed by atoms with Crippen molar-refractivity contribution in [1.29, 1.82) is 0 Å². The minimum absolute atomic E-state index is 0.0365. The van der Waals surface area contributed by atoms with Crippen LogP contribution in [0.3, 0.4) is 0 Å². The maximum Gasteiger partial charge on any atom is 0.269 e. The van der Waals surface area contributed by atoms with Gasteiger partial charge in [-0.2, -0.15) is 0 Å². The van der Waals surface area contributed by atoms with Crippen LogP contribution >= 0.6 is 0 Å². The van der Waals surface area contributed by atoms with Crippen molar-refractivity contribution in [3.63, 3.8) is 0 Å². The van der Waals surface area contributed by atoms with Crippen molar-refractivity contribution in [3.05, 3.63) is 64.0 Å². The van der Waals surface area contributed by atoms with E-state index >= 15 is 0 Å². The smallest absolute Gasteiger partial charge is 0.269 e. The van der Waals surface area contributed by atoms with Gasteiger partial charge in [-0.1, -0.05) is 12.1 Å². The monoisotopic (exact) mass is 245 g/mol. The number of nitrogens with zero attached hydrogens (tertiary/aromatic N) is 1. The lowest BCUT2D eigenvalue weighted by molar-refractivity contribution is -0.384. The number of non-ortho nitro benzene ring substituents is 1. The summed E-state index contributed by atoms with van der Waals surface area (Å²) in [5.74, 6) is -0.210. The number of nitro benzene ring substituents is 1. The summed E-state index contributed by atoms with van der Waals surface area (Å²) in [4.78, 5) is 24.4. The first kappa shape index (κ1) is 11.8. The van der Waals surface area contributed by atoms with Gasteiger partial charge in [0.05, 0.1) is 4.92 Å². The Labute approximate surface area is 103 Å². The molecule has 0 unspecified atom stereocenters. The Balaban J connectivity index is 1.94. The Morgan fingerprint density at radius 2 is 2.00 bits per heavy atom. The van der Waals surface area contributed by atoms with E-state index in [9.17, 15) is 14.9 Å². The predicted octanol–water partition coefficient (Wildman–Crippen LogP) is 1.85. The lowest BCUT2D eigenvalue weighted by Gasteiger charge is -2.03. The lowest BCUT2D eigenvalue weighted by Crippen LogP contribution is -2.22. The standard InChI is InChI=1S/C12H11N3O3/c16-12(11-2-1-7-13-11)14-8-9-3-5-10(6-4-9)15(17)18/h1-7,13H,8H2,(H,14,16). The summed E-state index contributed by atoms with van der Waals surface area (Å²) in [6.07, 6.45) is 1.67. The van der Waals surface area contributed by atoms with Gasteiger partial charge in [-0.15, -0.1) is 0 Å². The molecular formula is C12H11N3O3. The molecule has 18 heavy (non-hydrogen) atoms. The van der Waals surface area contributed by atoms with Crippen molar-refractivity contribution >= 4 is 11.6 Å². The Hall–Kier alpha value is -2.63. The van der Waals surface area contributed by atoms with E-state index in [1.54, 1.807) is 30.5 Å². The van der Waals surface area contributed by atoms with Crippen LogP contribution < -0.4 is 5.32 Å². The Morgan fingerprint density at radius 1 is 1.28 bits per heavy atom. The van der Waals surface area contributed by atoms with E-state index in [0.29, 0.717) is 12.2 Å². The van der Waals surface area contributed by atoms with E-state index in [1.165, 1.54) is 12.1 Å². The Kier molecular flexibility index (Phi) is 3.38. The Morgan fingerprint density at radius 3 is 2.56 bits per heavy atom. The van der Waals surface area contributed by atoms with Crippen molar-refractivity contribution in [3.8, 4) is 0 Å². The highest BCUT2D eigenvalue weighted by Gasteiger charge is 2.07. The number of carbonyl (C=O) groups excluding carboxylic acids is 1. The van der Waals surface area contributed by atoms with E-state index in [1.807, 2.05) is 0 Å². The minimum atomic E-state index is -0.457. The van der Waals surface area contributed by atoms with Gasteiger partial charge in [0, 0.05) is 24.9 Å². The predicted molar refractivity (Wildman–Crippen MR) is 65.1 cm³/mol. The second-order valence-electron chi connectivity index (χ2n) is 3.69. The fourth-order valence-electron chi connectivity index (χ4n) is 1.48. The van der Waals surface area contributed by atoms with Crippen molar-refractivity contribution in [1.82, 2.24) is 10.3 Å². The van der Waals surface area contributed by atoms with Gasteiger partial charge in [0.1, 0.15) is 5.69 Å². The number of aromatic amines is 1. The summed E-state index contributed by atoms with van der Waals surface area (Å²) in [7, 11) is 0. The molecule has 6 nitrogen and oxygen atoms in total. The summed E-state index contributed by atoms with van der Waals surface area (Å²) in [5, 5.41) is 13.2. The van der Waals surface area contributed by atoms with E-state index < -0.39 is 4.92 Å². The number of aromatic nitrogens is 1. The van der Waals surface area contributed by atoms with Gasteiger partial charge in [0.2, 0.25) is 0 Å². The number of nitrogens with one attached hydrogen (secondary N) is 2. The van der Waals surface area contributed by atoms with Gasteiger partial charge in [-0.3, -0.25) is 14.9 Å². The van der Waals surface area contributed by atoms with Gasteiger partial charge in [-0.05, 0) is 17.7 Å². The topological polar surface area (TPSA) is 88.0 Å². The molecule has 0 saturated carbocycles. The number of amides is 1. The largest absolute Gasteiger partial charge is 0.357 e. The van der Waals surface area contributed by atoms with Gasteiger partial charge >= 0.3 is 0 Å². The number of rotatable bonds is 4. The molecule has 0 spiro atoms. The molecule has 0 bridgehead atoms. The minimum Gasteiger partial charge on any atom is -0.357 e. The molecule has 0 saturated heterocycles. The molecule has 0 aliphatic carbocycles. The molecule has 2 rings (SSSR count). The van der Waals surface area contributed by atoms with E-state index in [4.69, 9.17) is 0 Å². The normalized spacial score (nSPS) is 10.0. The third kappa shape index (κ3) is 2.73. The van der Waals surface area contributed by atoms with Crippen LogP contribution in [0.25, 0.3) is 0 Å². The SMILES string of the molecule is O=C(NCc1ccc([N+](=O)[O-])cc1)c1ccc[nH]1. The molecule has 0 aliphatic heterocycles. The zero-order chi connectivity index (χ0) is 13.0. The number of nitro groups is 1. The molecule has 2 N–H and O–H groups in total. The van der Waals surface area contributed by atoms with Gasteiger partial charge in [0.25, 0.3) is 11.6 Å². The molecule has 2 aromatic rings. The first-order chi connectivity index (χ1) is 8.66. The summed E-state index contributed by atoms with van der Waals surface area (Å²) < 4.78 is 0. The van der Waals surface area contributed by atoms with Crippen LogP contribution in [0.15, 0.2) is 42.6 Å². The quantitative estimate of drug-likeness (QED) is 0.636. The van der Waals surface area contributed by atoms with Crippen LogP contribution in [0.1, 0.15) is 16.1 Å². The second-order valence-corrected chi connectivity index (χ2v) is 3.69. The van der Waals surface area contributed by atoms with E-state index in [0.717, 1.165) is 5.56 Å². The number of H-pyrrole nitrogens is 1. The van der Waals surface area contributed by atoms with Crippen LogP contribution in [-0.4, -0.2) is 15.8 Å². The number of carbonyl (C=O) groups is 1. The fourth-order valence-corrected chi connectivity index (χ4v) is 1.48. The fraction of sp³-hybridized carbons (Fsp3) is 0.0833. The number of hydrogen-bond acceptors (Lipinski definition) is 3. The number of benzene rings is 1. The summed E-state index contributed by atoms with van der Waals surface area (Å²) in [6, 6.07) is 9.47. The zero-order valence-corrected chi connectivity index (χ0v) is 9.42. The maximum atomic E-state index is 11.6. The highest BCUT2D eigenvalue weighted by atomic mass is 16.6. The third-order valence-electron chi connectivity index (χ3n) is 2.44. The highest BCUT2D eigenvalue weighted by Crippen LogP contribution is 2.11.